The molecule has 26 heavy (non-hydrogen) atoms. The van der Waals surface area contributed by atoms with Crippen molar-refractivity contribution in [1.82, 2.24) is 9.97 Å². The van der Waals surface area contributed by atoms with Crippen molar-refractivity contribution in [2.24, 2.45) is 0 Å². The number of methoxy groups -OCH3 is 2. The molecule has 0 atom stereocenters. The van der Waals surface area contributed by atoms with Gasteiger partial charge in [0.05, 0.1) is 30.3 Å². The molecule has 1 N–H and O–H groups in total. The van der Waals surface area contributed by atoms with Crippen molar-refractivity contribution in [3.05, 3.63) is 60.0 Å². The summed E-state index contributed by atoms with van der Waals surface area (Å²) in [7, 11) is 3.28. The van der Waals surface area contributed by atoms with E-state index >= 15 is 0 Å². The van der Waals surface area contributed by atoms with Crippen LogP contribution in [0, 0.1) is 0 Å². The van der Waals surface area contributed by atoms with Gasteiger partial charge in [-0.1, -0.05) is 18.2 Å². The van der Waals surface area contributed by atoms with E-state index in [1.165, 1.54) is 0 Å². The van der Waals surface area contributed by atoms with Gasteiger partial charge < -0.3 is 14.8 Å². The third kappa shape index (κ3) is 3.07. The van der Waals surface area contributed by atoms with E-state index in [-0.39, 0.29) is 0 Å². The molecule has 5 nitrogen and oxygen atoms in total. The molecule has 0 aliphatic rings. The monoisotopic (exact) mass is 363 g/mol. The number of ether oxygens (including phenoxy) is 2. The third-order valence-corrected chi connectivity index (χ3v) is 4.87. The van der Waals surface area contributed by atoms with Crippen LogP contribution in [0.15, 0.2) is 60.0 Å². The van der Waals surface area contributed by atoms with Crippen LogP contribution in [0.2, 0.25) is 0 Å². The average molecular weight is 363 g/mol. The first kappa shape index (κ1) is 16.4. The summed E-state index contributed by atoms with van der Waals surface area (Å²) in [5, 5.41) is 6.35. The first-order chi connectivity index (χ1) is 12.8. The van der Waals surface area contributed by atoms with E-state index in [1.54, 1.807) is 25.6 Å². The second-order valence-corrected chi connectivity index (χ2v) is 6.53. The lowest BCUT2D eigenvalue weighted by Gasteiger charge is -2.14. The zero-order valence-corrected chi connectivity index (χ0v) is 15.2. The van der Waals surface area contributed by atoms with E-state index in [9.17, 15) is 0 Å². The molecule has 6 heteroatoms. The molecule has 0 fully saturated rings. The Bertz CT molecular complexity index is 1050. The van der Waals surface area contributed by atoms with Crippen LogP contribution in [0.1, 0.15) is 0 Å². The first-order valence-corrected chi connectivity index (χ1v) is 8.96. The molecule has 2 aromatic carbocycles. The number of nitrogens with one attached hydrogen (secondary N) is 1. The molecule has 130 valence electrons. The SMILES string of the molecule is COc1ccc(OC)c(Nc2nc(-c3cccs3)nc3ccccc23)c1. The van der Waals surface area contributed by atoms with E-state index in [4.69, 9.17) is 19.4 Å². The van der Waals surface area contributed by atoms with Crippen LogP contribution < -0.4 is 14.8 Å². The number of fused-ring (bicyclic) bond motifs is 1. The molecule has 2 aromatic heterocycles. The summed E-state index contributed by atoms with van der Waals surface area (Å²) in [4.78, 5) is 10.5. The number of rotatable bonds is 5. The Morgan fingerprint density at radius 1 is 0.923 bits per heavy atom. The summed E-state index contributed by atoms with van der Waals surface area (Å²) >= 11 is 1.62. The normalized spacial score (nSPS) is 10.7. The van der Waals surface area contributed by atoms with Crippen LogP contribution in [0.25, 0.3) is 21.6 Å². The van der Waals surface area contributed by atoms with Gasteiger partial charge in [0.2, 0.25) is 0 Å². The van der Waals surface area contributed by atoms with E-state index in [0.29, 0.717) is 11.6 Å². The second-order valence-electron chi connectivity index (χ2n) is 5.58. The molecule has 0 aliphatic carbocycles. The van der Waals surface area contributed by atoms with Gasteiger partial charge in [-0.15, -0.1) is 11.3 Å². The van der Waals surface area contributed by atoms with Gasteiger partial charge in [-0.2, -0.15) is 0 Å². The maximum atomic E-state index is 5.47. The van der Waals surface area contributed by atoms with Crippen LogP contribution in [0.4, 0.5) is 11.5 Å². The summed E-state index contributed by atoms with van der Waals surface area (Å²) in [6, 6.07) is 17.6. The summed E-state index contributed by atoms with van der Waals surface area (Å²) < 4.78 is 10.8. The molecule has 0 saturated carbocycles. The van der Waals surface area contributed by atoms with E-state index in [2.05, 4.69) is 5.32 Å². The molecule has 0 aliphatic heterocycles. The molecule has 0 unspecified atom stereocenters. The van der Waals surface area contributed by atoms with Crippen molar-refractivity contribution < 1.29 is 9.47 Å². The minimum absolute atomic E-state index is 0.697. The largest absolute Gasteiger partial charge is 0.497 e. The van der Waals surface area contributed by atoms with Gasteiger partial charge in [-0.25, -0.2) is 9.97 Å². The van der Waals surface area contributed by atoms with Crippen LogP contribution >= 0.6 is 11.3 Å². The number of aromatic nitrogens is 2. The Morgan fingerprint density at radius 3 is 2.58 bits per heavy atom. The van der Waals surface area contributed by atoms with Gasteiger partial charge in [0.1, 0.15) is 17.3 Å². The minimum Gasteiger partial charge on any atom is -0.497 e. The van der Waals surface area contributed by atoms with Crippen LogP contribution in [-0.2, 0) is 0 Å². The number of benzene rings is 2. The van der Waals surface area contributed by atoms with Gasteiger partial charge in [-0.3, -0.25) is 0 Å². The molecular formula is C20H17N3O2S. The molecular weight excluding hydrogens is 346 g/mol. The van der Waals surface area contributed by atoms with Crippen molar-refractivity contribution >= 4 is 33.7 Å². The van der Waals surface area contributed by atoms with Gasteiger partial charge in [0.15, 0.2) is 5.82 Å². The number of hydrogen-bond donors (Lipinski definition) is 1. The van der Waals surface area contributed by atoms with Crippen molar-refractivity contribution in [3.63, 3.8) is 0 Å². The molecule has 0 spiro atoms. The van der Waals surface area contributed by atoms with Crippen LogP contribution in [0.3, 0.4) is 0 Å². The molecule has 4 aromatic rings. The zero-order chi connectivity index (χ0) is 17.9. The van der Waals surface area contributed by atoms with Gasteiger partial charge >= 0.3 is 0 Å². The Labute approximate surface area is 155 Å². The molecule has 0 amide bonds. The Kier molecular flexibility index (Phi) is 4.41. The third-order valence-electron chi connectivity index (χ3n) is 4.00. The summed E-state index contributed by atoms with van der Waals surface area (Å²) in [5.41, 5.74) is 1.67. The number of thiophene rings is 1. The zero-order valence-electron chi connectivity index (χ0n) is 14.4. The molecule has 2 heterocycles. The Morgan fingerprint density at radius 2 is 1.81 bits per heavy atom. The topological polar surface area (TPSA) is 56.3 Å². The lowest BCUT2D eigenvalue weighted by atomic mass is 10.2. The minimum atomic E-state index is 0.697. The van der Waals surface area contributed by atoms with E-state index in [1.807, 2.05) is 60.0 Å². The number of nitrogens with zero attached hydrogens (tertiary/aromatic N) is 2. The highest BCUT2D eigenvalue weighted by atomic mass is 32.1. The van der Waals surface area contributed by atoms with Gasteiger partial charge in [0, 0.05) is 11.5 Å². The van der Waals surface area contributed by atoms with Crippen molar-refractivity contribution in [2.75, 3.05) is 19.5 Å². The smallest absolute Gasteiger partial charge is 0.172 e. The Balaban J connectivity index is 1.86. The maximum absolute atomic E-state index is 5.47. The fraction of sp³-hybridized carbons (Fsp3) is 0.100. The highest BCUT2D eigenvalue weighted by molar-refractivity contribution is 7.13. The highest BCUT2D eigenvalue weighted by Gasteiger charge is 2.12. The molecule has 0 bridgehead atoms. The highest BCUT2D eigenvalue weighted by Crippen LogP contribution is 2.34. The second kappa shape index (κ2) is 7.01. The Hall–Kier alpha value is -3.12. The van der Waals surface area contributed by atoms with E-state index in [0.717, 1.165) is 33.0 Å². The van der Waals surface area contributed by atoms with Crippen molar-refractivity contribution in [3.8, 4) is 22.2 Å². The predicted octanol–water partition coefficient (Wildman–Crippen LogP) is 5.12. The molecule has 0 radical (unpaired) electrons. The summed E-state index contributed by atoms with van der Waals surface area (Å²) in [6.07, 6.45) is 0. The standard InChI is InChI=1S/C20H17N3O2S/c1-24-13-9-10-17(25-2)16(12-13)22-19-14-6-3-4-7-15(14)21-20(23-19)18-8-5-11-26-18/h3-12H,1-2H3,(H,21,22,23). The fourth-order valence-corrected chi connectivity index (χ4v) is 3.38. The van der Waals surface area contributed by atoms with Gasteiger partial charge in [-0.05, 0) is 35.7 Å². The fourth-order valence-electron chi connectivity index (χ4n) is 2.73. The van der Waals surface area contributed by atoms with Gasteiger partial charge in [0.25, 0.3) is 0 Å². The number of hydrogen-bond acceptors (Lipinski definition) is 6. The van der Waals surface area contributed by atoms with Crippen molar-refractivity contribution in [1.29, 1.82) is 0 Å². The summed E-state index contributed by atoms with van der Waals surface area (Å²) in [6.45, 7) is 0. The predicted molar refractivity (Wildman–Crippen MR) is 106 cm³/mol. The average Bonchev–Trinajstić information content (AvgIpc) is 3.22. The number of anilines is 2. The van der Waals surface area contributed by atoms with E-state index < -0.39 is 0 Å². The maximum Gasteiger partial charge on any atom is 0.172 e. The lowest BCUT2D eigenvalue weighted by Crippen LogP contribution is -2.01. The van der Waals surface area contributed by atoms with Crippen molar-refractivity contribution in [2.45, 2.75) is 0 Å². The molecule has 4 rings (SSSR count). The van der Waals surface area contributed by atoms with Crippen LogP contribution in [-0.4, -0.2) is 24.2 Å². The first-order valence-electron chi connectivity index (χ1n) is 8.08. The van der Waals surface area contributed by atoms with Crippen LogP contribution in [0.5, 0.6) is 11.5 Å². The lowest BCUT2D eigenvalue weighted by molar-refractivity contribution is 0.405. The quantitative estimate of drug-likeness (QED) is 0.533. The molecule has 0 saturated heterocycles. The number of para-hydroxylation sites is 1. The summed E-state index contributed by atoms with van der Waals surface area (Å²) in [5.74, 6) is 2.88.